The van der Waals surface area contributed by atoms with Crippen LogP contribution in [0.2, 0.25) is 0 Å². The third-order valence-corrected chi connectivity index (χ3v) is 7.38. The molecule has 1 N–H and O–H groups in total. The summed E-state index contributed by atoms with van der Waals surface area (Å²) in [5, 5.41) is 2.75. The summed E-state index contributed by atoms with van der Waals surface area (Å²) in [6.07, 6.45) is 1.60. The molecule has 0 aromatic heterocycles. The molecule has 8 nitrogen and oxygen atoms in total. The molecule has 2 aliphatic heterocycles. The summed E-state index contributed by atoms with van der Waals surface area (Å²) in [6, 6.07) is 5.13. The Morgan fingerprint density at radius 3 is 2.58 bits per heavy atom. The molecule has 0 spiro atoms. The van der Waals surface area contributed by atoms with Gasteiger partial charge in [-0.25, -0.2) is 8.42 Å². The summed E-state index contributed by atoms with van der Waals surface area (Å²) < 4.78 is 36.6. The van der Waals surface area contributed by atoms with E-state index in [1.54, 1.807) is 22.5 Å². The molecule has 2 heterocycles. The van der Waals surface area contributed by atoms with E-state index in [4.69, 9.17) is 9.47 Å². The zero-order valence-electron chi connectivity index (χ0n) is 14.5. The highest BCUT2D eigenvalue weighted by atomic mass is 32.2. The molecule has 1 aromatic carbocycles. The minimum absolute atomic E-state index is 0.143. The van der Waals surface area contributed by atoms with E-state index in [1.165, 1.54) is 0 Å². The predicted molar refractivity (Wildman–Crippen MR) is 94.9 cm³/mol. The van der Waals surface area contributed by atoms with Gasteiger partial charge in [-0.15, -0.1) is 0 Å². The van der Waals surface area contributed by atoms with Gasteiger partial charge >= 0.3 is 0 Å². The molecule has 3 aliphatic rings. The normalized spacial score (nSPS) is 20.9. The summed E-state index contributed by atoms with van der Waals surface area (Å²) in [7, 11) is -3.07. The quantitative estimate of drug-likeness (QED) is 0.760. The van der Waals surface area contributed by atoms with Gasteiger partial charge in [0.1, 0.15) is 0 Å². The lowest BCUT2D eigenvalue weighted by Crippen LogP contribution is -2.50. The number of carbonyl (C=O) groups excluding carboxylic acids is 1. The van der Waals surface area contributed by atoms with Gasteiger partial charge in [-0.05, 0) is 31.0 Å². The highest BCUT2D eigenvalue weighted by Crippen LogP contribution is 2.32. The molecule has 1 saturated carbocycles. The molecular weight excluding hydrogens is 358 g/mol. The van der Waals surface area contributed by atoms with Crippen LogP contribution in [0.25, 0.3) is 0 Å². The van der Waals surface area contributed by atoms with Crippen LogP contribution in [-0.4, -0.2) is 74.8 Å². The van der Waals surface area contributed by atoms with Gasteiger partial charge in [-0.3, -0.25) is 9.69 Å². The second kappa shape index (κ2) is 7.05. The Bertz CT molecular complexity index is 786. The van der Waals surface area contributed by atoms with Crippen molar-refractivity contribution in [2.24, 2.45) is 0 Å². The van der Waals surface area contributed by atoms with Crippen LogP contribution >= 0.6 is 0 Å². The third kappa shape index (κ3) is 3.65. The number of carbonyl (C=O) groups is 1. The van der Waals surface area contributed by atoms with Crippen molar-refractivity contribution in [1.29, 1.82) is 0 Å². The lowest BCUT2D eigenvalue weighted by molar-refractivity contribution is 0.0944. The highest BCUT2D eigenvalue weighted by molar-refractivity contribution is 7.90. The maximum Gasteiger partial charge on any atom is 0.251 e. The number of ether oxygens (including phenoxy) is 2. The van der Waals surface area contributed by atoms with Crippen molar-refractivity contribution >= 4 is 15.9 Å². The Kier molecular flexibility index (Phi) is 4.76. The summed E-state index contributed by atoms with van der Waals surface area (Å²) in [6.45, 7) is 3.88. The van der Waals surface area contributed by atoms with E-state index in [0.717, 1.165) is 12.8 Å². The molecule has 0 radical (unpaired) electrons. The maximum absolute atomic E-state index is 12.2. The molecule has 1 saturated heterocycles. The largest absolute Gasteiger partial charge is 0.454 e. The zero-order valence-corrected chi connectivity index (χ0v) is 15.3. The first kappa shape index (κ1) is 17.6. The Balaban J connectivity index is 1.21. The smallest absolute Gasteiger partial charge is 0.251 e. The minimum Gasteiger partial charge on any atom is -0.454 e. The predicted octanol–water partition coefficient (Wildman–Crippen LogP) is 0.255. The van der Waals surface area contributed by atoms with Crippen LogP contribution in [0, 0.1) is 0 Å². The molecule has 1 aliphatic carbocycles. The number of piperazine rings is 1. The summed E-state index contributed by atoms with van der Waals surface area (Å²) in [5.41, 5.74) is 0.537. The van der Waals surface area contributed by atoms with Gasteiger partial charge in [0.2, 0.25) is 16.8 Å². The van der Waals surface area contributed by atoms with Crippen molar-refractivity contribution in [2.75, 3.05) is 46.1 Å². The van der Waals surface area contributed by atoms with Gasteiger partial charge in [-0.2, -0.15) is 4.31 Å². The number of rotatable bonds is 6. The number of hydrogen-bond acceptors (Lipinski definition) is 6. The van der Waals surface area contributed by atoms with Gasteiger partial charge in [0.05, 0.1) is 5.25 Å². The van der Waals surface area contributed by atoms with Gasteiger partial charge < -0.3 is 14.8 Å². The van der Waals surface area contributed by atoms with E-state index in [-0.39, 0.29) is 18.0 Å². The first-order valence-electron chi connectivity index (χ1n) is 8.93. The Morgan fingerprint density at radius 2 is 1.85 bits per heavy atom. The van der Waals surface area contributed by atoms with Crippen LogP contribution in [0.5, 0.6) is 11.5 Å². The van der Waals surface area contributed by atoms with Gasteiger partial charge in [0, 0.05) is 44.8 Å². The Morgan fingerprint density at radius 1 is 1.12 bits per heavy atom. The van der Waals surface area contributed by atoms with Crippen LogP contribution in [0.1, 0.15) is 23.2 Å². The topological polar surface area (TPSA) is 88.2 Å². The number of sulfonamides is 1. The lowest BCUT2D eigenvalue weighted by Gasteiger charge is -2.34. The molecule has 26 heavy (non-hydrogen) atoms. The molecule has 0 unspecified atom stereocenters. The number of hydrogen-bond donors (Lipinski definition) is 1. The number of amides is 1. The van der Waals surface area contributed by atoms with E-state index in [0.29, 0.717) is 56.3 Å². The van der Waals surface area contributed by atoms with Crippen molar-refractivity contribution in [3.8, 4) is 11.5 Å². The third-order valence-electron chi connectivity index (χ3n) is 4.99. The molecule has 0 bridgehead atoms. The second-order valence-electron chi connectivity index (χ2n) is 6.81. The Labute approximate surface area is 153 Å². The summed E-state index contributed by atoms with van der Waals surface area (Å²) in [5.74, 6) is 1.09. The molecule has 4 rings (SSSR count). The molecule has 142 valence electrons. The van der Waals surface area contributed by atoms with E-state index in [1.807, 2.05) is 0 Å². The first-order valence-corrected chi connectivity index (χ1v) is 10.4. The first-order chi connectivity index (χ1) is 12.5. The fourth-order valence-electron chi connectivity index (χ4n) is 3.25. The average molecular weight is 381 g/mol. The summed E-state index contributed by atoms with van der Waals surface area (Å²) in [4.78, 5) is 14.4. The van der Waals surface area contributed by atoms with Crippen molar-refractivity contribution in [2.45, 2.75) is 18.1 Å². The number of nitrogens with one attached hydrogen (secondary N) is 1. The fraction of sp³-hybridized carbons (Fsp3) is 0.588. The van der Waals surface area contributed by atoms with Gasteiger partial charge in [-0.1, -0.05) is 0 Å². The minimum atomic E-state index is -3.07. The van der Waals surface area contributed by atoms with Gasteiger partial charge in [0.15, 0.2) is 11.5 Å². The lowest BCUT2D eigenvalue weighted by atomic mass is 10.2. The van der Waals surface area contributed by atoms with E-state index < -0.39 is 10.0 Å². The van der Waals surface area contributed by atoms with E-state index >= 15 is 0 Å². The molecule has 0 atom stereocenters. The van der Waals surface area contributed by atoms with Crippen LogP contribution in [-0.2, 0) is 10.0 Å². The van der Waals surface area contributed by atoms with Crippen molar-refractivity contribution < 1.29 is 22.7 Å². The highest BCUT2D eigenvalue weighted by Gasteiger charge is 2.40. The molecule has 1 amide bonds. The van der Waals surface area contributed by atoms with Crippen LogP contribution in [0.15, 0.2) is 18.2 Å². The fourth-order valence-corrected chi connectivity index (χ4v) is 5.08. The van der Waals surface area contributed by atoms with E-state index in [9.17, 15) is 13.2 Å². The number of nitrogens with zero attached hydrogens (tertiary/aromatic N) is 2. The van der Waals surface area contributed by atoms with Crippen LogP contribution in [0.4, 0.5) is 0 Å². The van der Waals surface area contributed by atoms with E-state index in [2.05, 4.69) is 10.2 Å². The van der Waals surface area contributed by atoms with Crippen molar-refractivity contribution in [1.82, 2.24) is 14.5 Å². The van der Waals surface area contributed by atoms with Crippen molar-refractivity contribution in [3.63, 3.8) is 0 Å². The molecule has 1 aromatic rings. The standard InChI is InChI=1S/C17H23N3O5S/c21-17(13-1-4-15-16(11-13)25-12-24-15)18-5-6-19-7-9-20(10-8-19)26(22,23)14-2-3-14/h1,4,11,14H,2-3,5-10,12H2,(H,18,21). The number of benzene rings is 1. The molecule has 2 fully saturated rings. The van der Waals surface area contributed by atoms with Crippen LogP contribution < -0.4 is 14.8 Å². The van der Waals surface area contributed by atoms with Crippen LogP contribution in [0.3, 0.4) is 0 Å². The number of fused-ring (bicyclic) bond motifs is 1. The zero-order chi connectivity index (χ0) is 18.1. The summed E-state index contributed by atoms with van der Waals surface area (Å²) >= 11 is 0. The van der Waals surface area contributed by atoms with Crippen molar-refractivity contribution in [3.05, 3.63) is 23.8 Å². The molecular formula is C17H23N3O5S. The second-order valence-corrected chi connectivity index (χ2v) is 9.02. The van der Waals surface area contributed by atoms with Gasteiger partial charge in [0.25, 0.3) is 5.91 Å². The average Bonchev–Trinajstić information content (AvgIpc) is 3.41. The monoisotopic (exact) mass is 381 g/mol. The maximum atomic E-state index is 12.2. The Hall–Kier alpha value is -1.84. The molecule has 9 heteroatoms. The SMILES string of the molecule is O=C(NCCN1CCN(S(=O)(=O)C2CC2)CC1)c1ccc2c(c1)OCO2.